The predicted molar refractivity (Wildman–Crippen MR) is 96.1 cm³/mol. The number of sulfonamides is 1. The van der Waals surface area contributed by atoms with E-state index in [9.17, 15) is 8.42 Å². The Morgan fingerprint density at radius 3 is 2.61 bits per heavy atom. The van der Waals surface area contributed by atoms with Crippen molar-refractivity contribution in [3.05, 3.63) is 51.5 Å². The molecule has 1 heterocycles. The predicted octanol–water partition coefficient (Wildman–Crippen LogP) is 4.68. The van der Waals surface area contributed by atoms with E-state index in [1.807, 2.05) is 26.0 Å². The molecule has 3 rings (SSSR count). The summed E-state index contributed by atoms with van der Waals surface area (Å²) in [5, 5.41) is 1.32. The number of fused-ring (bicyclic) bond motifs is 1. The molecule has 1 aromatic heterocycles. The number of aromatic nitrogens is 1. The van der Waals surface area contributed by atoms with Gasteiger partial charge in [-0.05, 0) is 50.1 Å². The molecule has 1 N–H and O–H groups in total. The zero-order valence-corrected chi connectivity index (χ0v) is 15.2. The molecule has 0 bridgehead atoms. The van der Waals surface area contributed by atoms with E-state index in [0.29, 0.717) is 16.3 Å². The average molecular weight is 367 g/mol. The first-order valence-corrected chi connectivity index (χ1v) is 9.62. The number of rotatable bonds is 3. The maximum Gasteiger partial charge on any atom is 0.262 e. The van der Waals surface area contributed by atoms with E-state index in [-0.39, 0.29) is 4.90 Å². The maximum absolute atomic E-state index is 12.8. The smallest absolute Gasteiger partial charge is 0.262 e. The third-order valence-corrected chi connectivity index (χ3v) is 6.52. The molecule has 7 heteroatoms. The average Bonchev–Trinajstić information content (AvgIpc) is 2.86. The maximum atomic E-state index is 12.8. The van der Waals surface area contributed by atoms with Gasteiger partial charge in [0.05, 0.1) is 25.8 Å². The minimum atomic E-state index is -3.73. The summed E-state index contributed by atoms with van der Waals surface area (Å²) in [6, 6.07) is 8.63. The van der Waals surface area contributed by atoms with Gasteiger partial charge >= 0.3 is 0 Å². The fourth-order valence-electron chi connectivity index (χ4n) is 2.40. The van der Waals surface area contributed by atoms with Crippen molar-refractivity contribution in [1.82, 2.24) is 4.98 Å². The third-order valence-electron chi connectivity index (χ3n) is 3.62. The van der Waals surface area contributed by atoms with E-state index in [2.05, 4.69) is 9.71 Å². The molecule has 3 aromatic rings. The van der Waals surface area contributed by atoms with Gasteiger partial charge in [-0.25, -0.2) is 13.4 Å². The highest BCUT2D eigenvalue weighted by Crippen LogP contribution is 2.34. The largest absolute Gasteiger partial charge is 0.278 e. The van der Waals surface area contributed by atoms with Gasteiger partial charge in [0, 0.05) is 5.02 Å². The van der Waals surface area contributed by atoms with E-state index in [4.69, 9.17) is 11.6 Å². The fourth-order valence-corrected chi connectivity index (χ4v) is 5.08. The Kier molecular flexibility index (Phi) is 4.08. The highest BCUT2D eigenvalue weighted by Gasteiger charge is 2.21. The van der Waals surface area contributed by atoms with Crippen LogP contribution >= 0.6 is 22.9 Å². The van der Waals surface area contributed by atoms with Gasteiger partial charge in [-0.2, -0.15) is 0 Å². The quantitative estimate of drug-likeness (QED) is 0.732. The van der Waals surface area contributed by atoms with Crippen LogP contribution in [0.5, 0.6) is 0 Å². The van der Waals surface area contributed by atoms with Crippen molar-refractivity contribution in [2.24, 2.45) is 0 Å². The molecule has 0 aliphatic rings. The summed E-state index contributed by atoms with van der Waals surface area (Å²) < 4.78 is 29.1. The van der Waals surface area contributed by atoms with E-state index in [1.54, 1.807) is 25.1 Å². The summed E-state index contributed by atoms with van der Waals surface area (Å²) in [6.07, 6.45) is 0. The third kappa shape index (κ3) is 2.94. The lowest BCUT2D eigenvalue weighted by molar-refractivity contribution is 0.600. The highest BCUT2D eigenvalue weighted by molar-refractivity contribution is 7.92. The molecular formula is C16H15ClN2O2S2. The minimum absolute atomic E-state index is 0.183. The van der Waals surface area contributed by atoms with Crippen LogP contribution in [0.25, 0.3) is 10.2 Å². The van der Waals surface area contributed by atoms with Crippen molar-refractivity contribution in [2.45, 2.75) is 25.7 Å². The van der Waals surface area contributed by atoms with Crippen LogP contribution in [0.3, 0.4) is 0 Å². The van der Waals surface area contributed by atoms with Crippen LogP contribution < -0.4 is 4.72 Å². The summed E-state index contributed by atoms with van der Waals surface area (Å²) in [5.74, 6) is 0. The van der Waals surface area contributed by atoms with Crippen molar-refractivity contribution >= 4 is 48.9 Å². The Bertz CT molecular complexity index is 1010. The molecule has 2 aromatic carbocycles. The van der Waals surface area contributed by atoms with Gasteiger partial charge < -0.3 is 0 Å². The molecule has 0 fully saturated rings. The number of benzene rings is 2. The molecule has 0 saturated heterocycles. The molecule has 0 radical (unpaired) electrons. The van der Waals surface area contributed by atoms with Crippen molar-refractivity contribution in [1.29, 1.82) is 0 Å². The number of nitrogens with one attached hydrogen (secondary N) is 1. The van der Waals surface area contributed by atoms with Gasteiger partial charge in [-0.3, -0.25) is 4.72 Å². The molecule has 0 atom stereocenters. The Balaban J connectivity index is 2.14. The molecule has 0 unspecified atom stereocenters. The van der Waals surface area contributed by atoms with E-state index in [0.717, 1.165) is 20.8 Å². The number of halogens is 1. The number of hydrogen-bond donors (Lipinski definition) is 1. The summed E-state index contributed by atoms with van der Waals surface area (Å²) in [5.41, 5.74) is 2.75. The van der Waals surface area contributed by atoms with Crippen LogP contribution in [0, 0.1) is 20.8 Å². The number of anilines is 1. The zero-order valence-electron chi connectivity index (χ0n) is 12.8. The first kappa shape index (κ1) is 16.2. The van der Waals surface area contributed by atoms with Crippen LogP contribution in [-0.4, -0.2) is 13.4 Å². The molecule has 0 aliphatic heterocycles. The van der Waals surface area contributed by atoms with Crippen molar-refractivity contribution < 1.29 is 8.42 Å². The first-order chi connectivity index (χ1) is 10.8. The molecular weight excluding hydrogens is 352 g/mol. The second-order valence-electron chi connectivity index (χ2n) is 5.31. The van der Waals surface area contributed by atoms with Gasteiger partial charge in [0.1, 0.15) is 0 Å². The Morgan fingerprint density at radius 2 is 1.87 bits per heavy atom. The Hall–Kier alpha value is -1.63. The molecule has 0 aliphatic carbocycles. The van der Waals surface area contributed by atoms with Crippen LogP contribution in [0.1, 0.15) is 16.1 Å². The molecule has 0 amide bonds. The Morgan fingerprint density at radius 1 is 1.13 bits per heavy atom. The monoisotopic (exact) mass is 366 g/mol. The molecule has 0 saturated carbocycles. The normalized spacial score (nSPS) is 11.8. The lowest BCUT2D eigenvalue weighted by Crippen LogP contribution is -2.15. The molecule has 0 spiro atoms. The molecule has 120 valence electrons. The van der Waals surface area contributed by atoms with Crippen molar-refractivity contribution in [3.8, 4) is 0 Å². The van der Waals surface area contributed by atoms with Crippen LogP contribution in [0.2, 0.25) is 5.02 Å². The van der Waals surface area contributed by atoms with Gasteiger partial charge in [0.25, 0.3) is 10.0 Å². The van der Waals surface area contributed by atoms with E-state index in [1.165, 1.54) is 11.3 Å². The van der Waals surface area contributed by atoms with Gasteiger partial charge in [-0.1, -0.05) is 23.7 Å². The number of nitrogens with zero attached hydrogens (tertiary/aromatic N) is 1. The number of hydrogen-bond acceptors (Lipinski definition) is 4. The van der Waals surface area contributed by atoms with Crippen molar-refractivity contribution in [2.75, 3.05) is 4.72 Å². The first-order valence-electron chi connectivity index (χ1n) is 6.94. The summed E-state index contributed by atoms with van der Waals surface area (Å²) >= 11 is 7.52. The van der Waals surface area contributed by atoms with Gasteiger partial charge in [0.15, 0.2) is 0 Å². The van der Waals surface area contributed by atoms with Crippen LogP contribution in [-0.2, 0) is 10.0 Å². The SMILES string of the molecule is Cc1nc2ccc(C)c(NS(=O)(=O)c3cccc(Cl)c3C)c2s1. The van der Waals surface area contributed by atoms with Gasteiger partial charge in [0.2, 0.25) is 0 Å². The second kappa shape index (κ2) is 5.78. The van der Waals surface area contributed by atoms with E-state index >= 15 is 0 Å². The fraction of sp³-hybridized carbons (Fsp3) is 0.188. The Labute approximate surface area is 144 Å². The molecule has 4 nitrogen and oxygen atoms in total. The minimum Gasteiger partial charge on any atom is -0.278 e. The highest BCUT2D eigenvalue weighted by atomic mass is 35.5. The summed E-state index contributed by atoms with van der Waals surface area (Å²) in [4.78, 5) is 4.59. The van der Waals surface area contributed by atoms with Crippen LogP contribution in [0.4, 0.5) is 5.69 Å². The lowest BCUT2D eigenvalue weighted by Gasteiger charge is -2.13. The summed E-state index contributed by atoms with van der Waals surface area (Å²) in [6.45, 7) is 5.47. The zero-order chi connectivity index (χ0) is 16.8. The van der Waals surface area contributed by atoms with Crippen molar-refractivity contribution in [3.63, 3.8) is 0 Å². The summed E-state index contributed by atoms with van der Waals surface area (Å²) in [7, 11) is -3.73. The number of aryl methyl sites for hydroxylation is 2. The van der Waals surface area contributed by atoms with E-state index < -0.39 is 10.0 Å². The topological polar surface area (TPSA) is 59.1 Å². The molecule has 23 heavy (non-hydrogen) atoms. The van der Waals surface area contributed by atoms with Crippen LogP contribution in [0.15, 0.2) is 35.2 Å². The second-order valence-corrected chi connectivity index (χ2v) is 8.57. The lowest BCUT2D eigenvalue weighted by atomic mass is 10.2. The standard InChI is InChI=1S/C16H15ClN2O2S2/c1-9-7-8-13-16(22-11(3)18-13)15(9)19-23(20,21)14-6-4-5-12(17)10(14)2/h4-8,19H,1-3H3. The number of thiazole rings is 1. The van der Waals surface area contributed by atoms with Gasteiger partial charge in [-0.15, -0.1) is 11.3 Å².